The van der Waals surface area contributed by atoms with Crippen molar-refractivity contribution in [2.75, 3.05) is 11.9 Å². The Balaban J connectivity index is 1.95. The van der Waals surface area contributed by atoms with Gasteiger partial charge in [0, 0.05) is 31.5 Å². The van der Waals surface area contributed by atoms with E-state index in [1.807, 2.05) is 37.6 Å². The maximum atomic E-state index is 4.53. The van der Waals surface area contributed by atoms with E-state index in [0.29, 0.717) is 0 Å². The molecule has 0 spiro atoms. The van der Waals surface area contributed by atoms with Crippen LogP contribution in [0.3, 0.4) is 0 Å². The summed E-state index contributed by atoms with van der Waals surface area (Å²) in [6.07, 6.45) is 3.75. The highest BCUT2D eigenvalue weighted by atomic mass is 15.2. The number of pyridine rings is 2. The van der Waals surface area contributed by atoms with Crippen LogP contribution in [0.15, 0.2) is 42.7 Å². The molecule has 2 aromatic rings. The van der Waals surface area contributed by atoms with Gasteiger partial charge in [-0.15, -0.1) is 0 Å². The molecule has 0 aliphatic carbocycles. The maximum absolute atomic E-state index is 4.53. The Bertz CT molecular complexity index is 543. The van der Waals surface area contributed by atoms with Gasteiger partial charge in [-0.3, -0.25) is 4.98 Å². The van der Waals surface area contributed by atoms with Gasteiger partial charge in [0.2, 0.25) is 0 Å². The van der Waals surface area contributed by atoms with Crippen molar-refractivity contribution in [3.8, 4) is 0 Å². The van der Waals surface area contributed by atoms with Crippen LogP contribution < -0.4 is 10.2 Å². The lowest BCUT2D eigenvalue weighted by atomic mass is 10.1. The number of hydrogen-bond donors (Lipinski definition) is 1. The van der Waals surface area contributed by atoms with Gasteiger partial charge in [-0.1, -0.05) is 12.1 Å². The first-order valence-corrected chi connectivity index (χ1v) is 7.25. The van der Waals surface area contributed by atoms with Gasteiger partial charge in [-0.2, -0.15) is 0 Å². The van der Waals surface area contributed by atoms with E-state index in [1.54, 1.807) is 0 Å². The maximum Gasteiger partial charge on any atom is 0.128 e. The number of rotatable bonds is 5. The Hall–Kier alpha value is -1.94. The molecule has 21 heavy (non-hydrogen) atoms. The normalized spacial score (nSPS) is 11.4. The van der Waals surface area contributed by atoms with Crippen LogP contribution in [-0.2, 0) is 13.1 Å². The minimum Gasteiger partial charge on any atom is -0.354 e. The summed E-state index contributed by atoms with van der Waals surface area (Å²) in [5, 5.41) is 3.46. The Morgan fingerprint density at radius 2 is 1.90 bits per heavy atom. The Morgan fingerprint density at radius 3 is 2.48 bits per heavy atom. The lowest BCUT2D eigenvalue weighted by Gasteiger charge is -2.21. The molecule has 0 radical (unpaired) electrons. The highest BCUT2D eigenvalue weighted by molar-refractivity contribution is 5.38. The molecule has 0 amide bonds. The highest BCUT2D eigenvalue weighted by Gasteiger charge is 2.09. The van der Waals surface area contributed by atoms with Gasteiger partial charge < -0.3 is 10.2 Å². The molecule has 0 aromatic carbocycles. The summed E-state index contributed by atoms with van der Waals surface area (Å²) in [5.41, 5.74) is 2.36. The molecular weight excluding hydrogens is 260 g/mol. The van der Waals surface area contributed by atoms with Crippen molar-refractivity contribution in [2.45, 2.75) is 39.4 Å². The second-order valence-corrected chi connectivity index (χ2v) is 6.31. The summed E-state index contributed by atoms with van der Waals surface area (Å²) >= 11 is 0. The molecular formula is C17H24N4. The van der Waals surface area contributed by atoms with Gasteiger partial charge in [0.05, 0.1) is 12.2 Å². The van der Waals surface area contributed by atoms with Crippen LogP contribution in [0.2, 0.25) is 0 Å². The van der Waals surface area contributed by atoms with E-state index >= 15 is 0 Å². The van der Waals surface area contributed by atoms with Crippen LogP contribution in [0.1, 0.15) is 32.0 Å². The second-order valence-electron chi connectivity index (χ2n) is 6.31. The third kappa shape index (κ3) is 5.16. The molecule has 112 valence electrons. The zero-order chi connectivity index (χ0) is 15.3. The fourth-order valence-corrected chi connectivity index (χ4v) is 1.93. The molecule has 0 aliphatic heterocycles. The van der Waals surface area contributed by atoms with Crippen molar-refractivity contribution >= 4 is 5.82 Å². The average molecular weight is 284 g/mol. The molecule has 2 rings (SSSR count). The second kappa shape index (κ2) is 6.68. The largest absolute Gasteiger partial charge is 0.354 e. The molecule has 4 nitrogen and oxygen atoms in total. The Kier molecular flexibility index (Phi) is 4.91. The highest BCUT2D eigenvalue weighted by Crippen LogP contribution is 2.12. The minimum atomic E-state index is 0.119. The predicted molar refractivity (Wildman–Crippen MR) is 87.2 cm³/mol. The van der Waals surface area contributed by atoms with Crippen LogP contribution in [0.4, 0.5) is 5.82 Å². The third-order valence-corrected chi connectivity index (χ3v) is 3.15. The summed E-state index contributed by atoms with van der Waals surface area (Å²) < 4.78 is 0. The van der Waals surface area contributed by atoms with Gasteiger partial charge in [0.1, 0.15) is 5.82 Å². The first-order valence-electron chi connectivity index (χ1n) is 7.25. The summed E-state index contributed by atoms with van der Waals surface area (Å²) in [6, 6.07) is 10.1. The van der Waals surface area contributed by atoms with Gasteiger partial charge in [0.25, 0.3) is 0 Å². The van der Waals surface area contributed by atoms with E-state index in [4.69, 9.17) is 0 Å². The van der Waals surface area contributed by atoms with Crippen LogP contribution >= 0.6 is 0 Å². The van der Waals surface area contributed by atoms with Crippen molar-refractivity contribution in [1.29, 1.82) is 0 Å². The molecule has 0 fully saturated rings. The number of aromatic nitrogens is 2. The van der Waals surface area contributed by atoms with Crippen molar-refractivity contribution in [3.05, 3.63) is 54.0 Å². The average Bonchev–Trinajstić information content (AvgIpc) is 2.46. The van der Waals surface area contributed by atoms with Crippen molar-refractivity contribution in [2.24, 2.45) is 0 Å². The Morgan fingerprint density at radius 1 is 1.10 bits per heavy atom. The van der Waals surface area contributed by atoms with Crippen LogP contribution in [0.25, 0.3) is 0 Å². The molecule has 4 heteroatoms. The molecule has 2 aromatic heterocycles. The van der Waals surface area contributed by atoms with Crippen molar-refractivity contribution in [3.63, 3.8) is 0 Å². The van der Waals surface area contributed by atoms with Gasteiger partial charge >= 0.3 is 0 Å². The lowest BCUT2D eigenvalue weighted by molar-refractivity contribution is 0.424. The van der Waals surface area contributed by atoms with Gasteiger partial charge in [-0.25, -0.2) is 4.98 Å². The molecule has 0 unspecified atom stereocenters. The number of hydrogen-bond acceptors (Lipinski definition) is 4. The van der Waals surface area contributed by atoms with E-state index in [-0.39, 0.29) is 5.54 Å². The fraction of sp³-hybridized carbons (Fsp3) is 0.412. The molecule has 0 bridgehead atoms. The quantitative estimate of drug-likeness (QED) is 0.916. The van der Waals surface area contributed by atoms with E-state index in [0.717, 1.165) is 24.6 Å². The first-order chi connectivity index (χ1) is 9.94. The SMILES string of the molecule is CN(Cc1ccccn1)c1ccc(CNC(C)(C)C)cn1. The van der Waals surface area contributed by atoms with Crippen LogP contribution in [0.5, 0.6) is 0 Å². The number of anilines is 1. The zero-order valence-electron chi connectivity index (χ0n) is 13.3. The molecule has 2 heterocycles. The number of nitrogens with zero attached hydrogens (tertiary/aromatic N) is 3. The van der Waals surface area contributed by atoms with Gasteiger partial charge in [0.15, 0.2) is 0 Å². The van der Waals surface area contributed by atoms with E-state index in [1.165, 1.54) is 5.56 Å². The molecule has 0 aliphatic rings. The predicted octanol–water partition coefficient (Wildman–Crippen LogP) is 3.00. The first kappa shape index (κ1) is 15.4. The summed E-state index contributed by atoms with van der Waals surface area (Å²) in [5.74, 6) is 0.958. The van der Waals surface area contributed by atoms with Gasteiger partial charge in [-0.05, 0) is 44.5 Å². The summed E-state index contributed by atoms with van der Waals surface area (Å²) in [7, 11) is 2.03. The smallest absolute Gasteiger partial charge is 0.128 e. The minimum absolute atomic E-state index is 0.119. The van der Waals surface area contributed by atoms with Crippen LogP contribution in [0, 0.1) is 0 Å². The monoisotopic (exact) mass is 284 g/mol. The standard InChI is InChI=1S/C17H24N4/c1-17(2,3)20-12-14-8-9-16(19-11-14)21(4)13-15-7-5-6-10-18-15/h5-11,20H,12-13H2,1-4H3. The van der Waals surface area contributed by atoms with E-state index in [9.17, 15) is 0 Å². The summed E-state index contributed by atoms with van der Waals surface area (Å²) in [4.78, 5) is 11.0. The molecule has 0 atom stereocenters. The van der Waals surface area contributed by atoms with Crippen molar-refractivity contribution < 1.29 is 0 Å². The van der Waals surface area contributed by atoms with E-state index < -0.39 is 0 Å². The topological polar surface area (TPSA) is 41.1 Å². The third-order valence-electron chi connectivity index (χ3n) is 3.15. The van der Waals surface area contributed by atoms with E-state index in [2.05, 4.69) is 53.1 Å². The molecule has 0 saturated carbocycles. The van der Waals surface area contributed by atoms with Crippen molar-refractivity contribution in [1.82, 2.24) is 15.3 Å². The van der Waals surface area contributed by atoms with Crippen LogP contribution in [-0.4, -0.2) is 22.6 Å². The lowest BCUT2D eigenvalue weighted by Crippen LogP contribution is -2.35. The molecule has 1 N–H and O–H groups in total. The number of nitrogens with one attached hydrogen (secondary N) is 1. The fourth-order valence-electron chi connectivity index (χ4n) is 1.93. The summed E-state index contributed by atoms with van der Waals surface area (Å²) in [6.45, 7) is 8.08. The Labute approximate surface area is 127 Å². The molecule has 0 saturated heterocycles. The zero-order valence-corrected chi connectivity index (χ0v) is 13.3.